The van der Waals surface area contributed by atoms with Crippen molar-refractivity contribution in [1.82, 2.24) is 0 Å². The molecule has 0 amide bonds. The average Bonchev–Trinajstić information content (AvgIpc) is 2.87. The first-order valence-corrected chi connectivity index (χ1v) is 9.37. The Bertz CT molecular complexity index is 686. The van der Waals surface area contributed by atoms with Crippen LogP contribution in [-0.2, 0) is 19.3 Å². The summed E-state index contributed by atoms with van der Waals surface area (Å²) in [5.74, 6) is 0. The summed E-state index contributed by atoms with van der Waals surface area (Å²) in [6, 6.07) is 8.83. The Balaban J connectivity index is 2.29. The summed E-state index contributed by atoms with van der Waals surface area (Å²) in [6.07, 6.45) is 5.81. The standard InChI is InChI=1S/C19H20Br2/c1-3-7-14-15(8-4-2)18(20)19(21)17-13-10-6-5-9-12(13)11-16(14)17/h5-6,9-10H,3-4,7-8,11H2,1-2H3. The minimum atomic E-state index is 1.09. The molecule has 0 N–H and O–H groups in total. The first kappa shape index (κ1) is 15.3. The van der Waals surface area contributed by atoms with Crippen LogP contribution in [0.15, 0.2) is 33.2 Å². The molecular weight excluding hydrogens is 388 g/mol. The van der Waals surface area contributed by atoms with Crippen LogP contribution in [0.25, 0.3) is 11.1 Å². The lowest BCUT2D eigenvalue weighted by molar-refractivity contribution is 0.846. The molecule has 0 saturated carbocycles. The predicted octanol–water partition coefficient (Wildman–Crippen LogP) is 6.69. The van der Waals surface area contributed by atoms with Crippen molar-refractivity contribution in [1.29, 1.82) is 0 Å². The van der Waals surface area contributed by atoms with Gasteiger partial charge in [0.25, 0.3) is 0 Å². The highest BCUT2D eigenvalue weighted by atomic mass is 79.9. The lowest BCUT2D eigenvalue weighted by Crippen LogP contribution is -2.02. The van der Waals surface area contributed by atoms with Crippen LogP contribution in [0.3, 0.4) is 0 Å². The molecule has 2 heteroatoms. The molecule has 3 rings (SSSR count). The van der Waals surface area contributed by atoms with Crippen molar-refractivity contribution in [2.45, 2.75) is 46.0 Å². The van der Waals surface area contributed by atoms with E-state index in [9.17, 15) is 0 Å². The topological polar surface area (TPSA) is 0 Å². The molecule has 0 unspecified atom stereocenters. The highest BCUT2D eigenvalue weighted by molar-refractivity contribution is 9.13. The largest absolute Gasteiger partial charge is 0.0651 e. The van der Waals surface area contributed by atoms with Gasteiger partial charge < -0.3 is 0 Å². The molecule has 21 heavy (non-hydrogen) atoms. The molecule has 0 atom stereocenters. The summed E-state index contributed by atoms with van der Waals surface area (Å²) in [5, 5.41) is 0. The minimum Gasteiger partial charge on any atom is -0.0651 e. The molecule has 0 heterocycles. The molecule has 0 saturated heterocycles. The summed E-state index contributed by atoms with van der Waals surface area (Å²) < 4.78 is 2.51. The van der Waals surface area contributed by atoms with Crippen molar-refractivity contribution < 1.29 is 0 Å². The fourth-order valence-corrected chi connectivity index (χ4v) is 4.82. The van der Waals surface area contributed by atoms with Gasteiger partial charge in [0.05, 0.1) is 0 Å². The van der Waals surface area contributed by atoms with Crippen molar-refractivity contribution in [3.8, 4) is 11.1 Å². The summed E-state index contributed by atoms with van der Waals surface area (Å²) in [5.41, 5.74) is 8.93. The van der Waals surface area contributed by atoms with Crippen molar-refractivity contribution in [3.05, 3.63) is 55.5 Å². The molecule has 0 nitrogen and oxygen atoms in total. The molecule has 2 aromatic rings. The van der Waals surface area contributed by atoms with Gasteiger partial charge in [-0.2, -0.15) is 0 Å². The number of hydrogen-bond donors (Lipinski definition) is 0. The van der Waals surface area contributed by atoms with Gasteiger partial charge in [-0.05, 0) is 78.9 Å². The molecule has 0 aliphatic heterocycles. The Morgan fingerprint density at radius 2 is 1.57 bits per heavy atom. The third-order valence-corrected chi connectivity index (χ3v) is 6.56. The van der Waals surface area contributed by atoms with Gasteiger partial charge in [0.2, 0.25) is 0 Å². The van der Waals surface area contributed by atoms with Gasteiger partial charge in [0.1, 0.15) is 0 Å². The molecule has 0 bridgehead atoms. The Morgan fingerprint density at radius 1 is 0.905 bits per heavy atom. The van der Waals surface area contributed by atoms with Gasteiger partial charge in [-0.1, -0.05) is 51.0 Å². The Kier molecular flexibility index (Phi) is 4.56. The van der Waals surface area contributed by atoms with Gasteiger partial charge in [-0.3, -0.25) is 0 Å². The first-order valence-electron chi connectivity index (χ1n) is 7.78. The maximum atomic E-state index is 3.86. The van der Waals surface area contributed by atoms with Crippen molar-refractivity contribution in [3.63, 3.8) is 0 Å². The zero-order valence-corrected chi connectivity index (χ0v) is 15.8. The monoisotopic (exact) mass is 406 g/mol. The van der Waals surface area contributed by atoms with Crippen LogP contribution in [0, 0.1) is 0 Å². The predicted molar refractivity (Wildman–Crippen MR) is 98.1 cm³/mol. The van der Waals surface area contributed by atoms with E-state index in [0.29, 0.717) is 0 Å². The second-order valence-corrected chi connectivity index (χ2v) is 7.36. The van der Waals surface area contributed by atoms with E-state index in [-0.39, 0.29) is 0 Å². The van der Waals surface area contributed by atoms with E-state index in [1.807, 2.05) is 0 Å². The van der Waals surface area contributed by atoms with E-state index in [4.69, 9.17) is 0 Å². The van der Waals surface area contributed by atoms with Crippen LogP contribution in [0.5, 0.6) is 0 Å². The van der Waals surface area contributed by atoms with Crippen LogP contribution in [-0.4, -0.2) is 0 Å². The third-order valence-electron chi connectivity index (χ3n) is 4.36. The molecule has 1 aliphatic rings. The van der Waals surface area contributed by atoms with E-state index in [0.717, 1.165) is 12.8 Å². The van der Waals surface area contributed by atoms with Gasteiger partial charge >= 0.3 is 0 Å². The fraction of sp³-hybridized carbons (Fsp3) is 0.368. The fourth-order valence-electron chi connectivity index (χ4n) is 3.49. The minimum absolute atomic E-state index is 1.09. The number of benzene rings is 2. The molecule has 2 aromatic carbocycles. The number of hydrogen-bond acceptors (Lipinski definition) is 0. The molecule has 0 fully saturated rings. The zero-order chi connectivity index (χ0) is 15.0. The number of halogens is 2. The zero-order valence-electron chi connectivity index (χ0n) is 12.6. The van der Waals surface area contributed by atoms with E-state index >= 15 is 0 Å². The van der Waals surface area contributed by atoms with Crippen molar-refractivity contribution >= 4 is 31.9 Å². The molecule has 110 valence electrons. The molecule has 0 aromatic heterocycles. The second kappa shape index (κ2) is 6.26. The summed E-state index contributed by atoms with van der Waals surface area (Å²) in [4.78, 5) is 0. The van der Waals surface area contributed by atoms with E-state index in [1.54, 1.807) is 11.1 Å². The quantitative estimate of drug-likeness (QED) is 0.451. The van der Waals surface area contributed by atoms with Crippen molar-refractivity contribution in [2.75, 3.05) is 0 Å². The van der Waals surface area contributed by atoms with E-state index in [1.165, 1.54) is 50.5 Å². The Labute approximate surface area is 144 Å². The van der Waals surface area contributed by atoms with Crippen LogP contribution in [0.1, 0.15) is 48.9 Å². The van der Waals surface area contributed by atoms with Gasteiger partial charge in [0, 0.05) is 14.5 Å². The SMILES string of the molecule is CCCc1c(Br)c(Br)c2c(c1CCC)Cc1ccccc1-2. The van der Waals surface area contributed by atoms with Gasteiger partial charge in [0.15, 0.2) is 0 Å². The summed E-state index contributed by atoms with van der Waals surface area (Å²) in [6.45, 7) is 4.54. The maximum Gasteiger partial charge on any atom is 0.0401 e. The van der Waals surface area contributed by atoms with E-state index < -0.39 is 0 Å². The molecule has 0 radical (unpaired) electrons. The molecule has 1 aliphatic carbocycles. The van der Waals surface area contributed by atoms with Gasteiger partial charge in [-0.25, -0.2) is 0 Å². The average molecular weight is 408 g/mol. The lowest BCUT2D eigenvalue weighted by atomic mass is 9.91. The lowest BCUT2D eigenvalue weighted by Gasteiger charge is -2.18. The Hall–Kier alpha value is -0.600. The first-order chi connectivity index (χ1) is 10.2. The highest BCUT2D eigenvalue weighted by Crippen LogP contribution is 2.48. The van der Waals surface area contributed by atoms with Crippen LogP contribution in [0.4, 0.5) is 0 Å². The van der Waals surface area contributed by atoms with Crippen LogP contribution >= 0.6 is 31.9 Å². The second-order valence-electron chi connectivity index (χ2n) is 5.77. The third kappa shape index (κ3) is 2.51. The Morgan fingerprint density at radius 3 is 2.29 bits per heavy atom. The summed E-state index contributed by atoms with van der Waals surface area (Å²) >= 11 is 7.72. The van der Waals surface area contributed by atoms with E-state index in [2.05, 4.69) is 70.0 Å². The summed E-state index contributed by atoms with van der Waals surface area (Å²) in [7, 11) is 0. The normalized spacial score (nSPS) is 12.4. The van der Waals surface area contributed by atoms with Crippen LogP contribution in [0.2, 0.25) is 0 Å². The number of fused-ring (bicyclic) bond motifs is 3. The highest BCUT2D eigenvalue weighted by Gasteiger charge is 2.27. The maximum absolute atomic E-state index is 3.86. The van der Waals surface area contributed by atoms with Crippen LogP contribution < -0.4 is 0 Å². The number of rotatable bonds is 4. The smallest absolute Gasteiger partial charge is 0.0401 e. The van der Waals surface area contributed by atoms with Crippen molar-refractivity contribution in [2.24, 2.45) is 0 Å². The molecule has 0 spiro atoms. The van der Waals surface area contributed by atoms with Gasteiger partial charge in [-0.15, -0.1) is 0 Å². The molecular formula is C19H20Br2.